The maximum Gasteiger partial charge on any atom is 0.293 e. The van der Waals surface area contributed by atoms with Crippen molar-refractivity contribution in [1.82, 2.24) is 9.21 Å². The van der Waals surface area contributed by atoms with Crippen LogP contribution in [0.5, 0.6) is 0 Å². The smallest absolute Gasteiger partial charge is 0.293 e. The molecule has 0 radical (unpaired) electrons. The Balaban J connectivity index is 1.73. The SMILES string of the molecule is CCN(CC)S(=O)(=O)c1ccc(N2CCN(C(=O)CC3CCCC3)CC2)c([N+](=O)[O-])c1. The van der Waals surface area contributed by atoms with E-state index in [4.69, 9.17) is 0 Å². The lowest BCUT2D eigenvalue weighted by Gasteiger charge is -2.36. The van der Waals surface area contributed by atoms with E-state index in [0.717, 1.165) is 18.9 Å². The third kappa shape index (κ3) is 5.17. The molecule has 2 fully saturated rings. The fourth-order valence-electron chi connectivity index (χ4n) is 4.58. The molecule has 31 heavy (non-hydrogen) atoms. The summed E-state index contributed by atoms with van der Waals surface area (Å²) in [6, 6.07) is 4.11. The van der Waals surface area contributed by atoms with Crippen LogP contribution in [0.1, 0.15) is 46.0 Å². The van der Waals surface area contributed by atoms with Crippen molar-refractivity contribution >= 4 is 27.3 Å². The van der Waals surface area contributed by atoms with Crippen molar-refractivity contribution < 1.29 is 18.1 Å². The summed E-state index contributed by atoms with van der Waals surface area (Å²) in [6.07, 6.45) is 5.25. The molecular weight excluding hydrogens is 420 g/mol. The Labute approximate surface area is 184 Å². The maximum absolute atomic E-state index is 12.8. The molecule has 172 valence electrons. The summed E-state index contributed by atoms with van der Waals surface area (Å²) in [5, 5.41) is 11.7. The van der Waals surface area contributed by atoms with Crippen LogP contribution in [-0.4, -0.2) is 67.7 Å². The van der Waals surface area contributed by atoms with Gasteiger partial charge in [-0.25, -0.2) is 8.42 Å². The molecule has 1 aliphatic carbocycles. The van der Waals surface area contributed by atoms with E-state index >= 15 is 0 Å². The molecule has 0 atom stereocenters. The van der Waals surface area contributed by atoms with Crippen molar-refractivity contribution in [1.29, 1.82) is 0 Å². The predicted molar refractivity (Wildman–Crippen MR) is 119 cm³/mol. The van der Waals surface area contributed by atoms with Crippen molar-refractivity contribution in [2.75, 3.05) is 44.2 Å². The summed E-state index contributed by atoms with van der Waals surface area (Å²) in [7, 11) is -3.78. The molecular formula is C21H32N4O5S. The predicted octanol–water partition coefficient (Wildman–Crippen LogP) is 2.85. The average molecular weight is 453 g/mol. The lowest BCUT2D eigenvalue weighted by atomic mass is 10.0. The zero-order valence-corrected chi connectivity index (χ0v) is 19.1. The first kappa shape index (κ1) is 23.5. The molecule has 0 unspecified atom stereocenters. The van der Waals surface area contributed by atoms with Crippen molar-refractivity contribution in [2.24, 2.45) is 5.92 Å². The van der Waals surface area contributed by atoms with Crippen LogP contribution in [0.25, 0.3) is 0 Å². The van der Waals surface area contributed by atoms with E-state index in [1.165, 1.54) is 29.3 Å². The number of nitrogens with zero attached hydrogens (tertiary/aromatic N) is 4. The number of hydrogen-bond acceptors (Lipinski definition) is 6. The molecule has 0 bridgehead atoms. The fourth-order valence-corrected chi connectivity index (χ4v) is 6.06. The number of benzene rings is 1. The largest absolute Gasteiger partial charge is 0.362 e. The lowest BCUT2D eigenvalue weighted by Crippen LogP contribution is -2.49. The van der Waals surface area contributed by atoms with Crippen LogP contribution in [-0.2, 0) is 14.8 Å². The highest BCUT2D eigenvalue weighted by atomic mass is 32.2. The van der Waals surface area contributed by atoms with Gasteiger partial charge in [0, 0.05) is 51.8 Å². The van der Waals surface area contributed by atoms with E-state index in [9.17, 15) is 23.3 Å². The van der Waals surface area contributed by atoms with Crippen molar-refractivity contribution in [2.45, 2.75) is 50.8 Å². The molecule has 9 nitrogen and oxygen atoms in total. The van der Waals surface area contributed by atoms with Gasteiger partial charge in [0.05, 0.1) is 9.82 Å². The van der Waals surface area contributed by atoms with Crippen LogP contribution >= 0.6 is 0 Å². The summed E-state index contributed by atoms with van der Waals surface area (Å²) < 4.78 is 26.8. The molecule has 1 aromatic rings. The zero-order valence-electron chi connectivity index (χ0n) is 18.3. The fraction of sp³-hybridized carbons (Fsp3) is 0.667. The molecule has 1 aliphatic heterocycles. The van der Waals surface area contributed by atoms with Crippen molar-refractivity contribution in [3.63, 3.8) is 0 Å². The van der Waals surface area contributed by atoms with Crippen molar-refractivity contribution in [3.8, 4) is 0 Å². The molecule has 2 aliphatic rings. The molecule has 1 aromatic carbocycles. The minimum Gasteiger partial charge on any atom is -0.362 e. The van der Waals surface area contributed by atoms with Crippen LogP contribution < -0.4 is 4.90 Å². The highest BCUT2D eigenvalue weighted by molar-refractivity contribution is 7.89. The first-order valence-corrected chi connectivity index (χ1v) is 12.5. The standard InChI is InChI=1S/C21H32N4O5S/c1-3-24(4-2)31(29,30)18-9-10-19(20(16-18)25(27)28)22-11-13-23(14-12-22)21(26)15-17-7-5-6-8-17/h9-10,16-17H,3-8,11-15H2,1-2H3. The molecule has 0 aromatic heterocycles. The number of carbonyl (C=O) groups excluding carboxylic acids is 1. The highest BCUT2D eigenvalue weighted by Crippen LogP contribution is 2.33. The van der Waals surface area contributed by atoms with Gasteiger partial charge in [0.2, 0.25) is 15.9 Å². The summed E-state index contributed by atoms with van der Waals surface area (Å²) in [4.78, 5) is 27.4. The summed E-state index contributed by atoms with van der Waals surface area (Å²) in [5.74, 6) is 0.661. The molecule has 0 spiro atoms. The summed E-state index contributed by atoms with van der Waals surface area (Å²) >= 11 is 0. The number of anilines is 1. The van der Waals surface area contributed by atoms with Gasteiger partial charge in [-0.05, 0) is 30.9 Å². The minimum atomic E-state index is -3.78. The van der Waals surface area contributed by atoms with Crippen LogP contribution in [0, 0.1) is 16.0 Å². The van der Waals surface area contributed by atoms with Gasteiger partial charge >= 0.3 is 0 Å². The Morgan fingerprint density at radius 3 is 2.29 bits per heavy atom. The second kappa shape index (κ2) is 9.95. The molecule has 0 N–H and O–H groups in total. The number of carbonyl (C=O) groups is 1. The topological polar surface area (TPSA) is 104 Å². The number of sulfonamides is 1. The number of hydrogen-bond donors (Lipinski definition) is 0. The van der Waals surface area contributed by atoms with E-state index in [1.54, 1.807) is 13.8 Å². The molecule has 1 heterocycles. The lowest BCUT2D eigenvalue weighted by molar-refractivity contribution is -0.384. The molecule has 1 saturated heterocycles. The zero-order chi connectivity index (χ0) is 22.6. The number of nitro benzene ring substituents is 1. The Bertz CT molecular complexity index is 902. The Hall–Kier alpha value is -2.20. The summed E-state index contributed by atoms with van der Waals surface area (Å²) in [6.45, 7) is 6.06. The Morgan fingerprint density at radius 2 is 1.74 bits per heavy atom. The average Bonchev–Trinajstić information content (AvgIpc) is 3.27. The van der Waals surface area contributed by atoms with Crippen LogP contribution in [0.2, 0.25) is 0 Å². The first-order chi connectivity index (χ1) is 14.8. The van der Waals surface area contributed by atoms with E-state index in [2.05, 4.69) is 0 Å². The van der Waals surface area contributed by atoms with E-state index in [1.807, 2.05) is 9.80 Å². The van der Waals surface area contributed by atoms with Gasteiger partial charge in [-0.1, -0.05) is 26.7 Å². The third-order valence-corrected chi connectivity index (χ3v) is 8.44. The minimum absolute atomic E-state index is 0.0722. The highest BCUT2D eigenvalue weighted by Gasteiger charge is 2.30. The third-order valence-electron chi connectivity index (χ3n) is 6.40. The molecule has 1 saturated carbocycles. The Morgan fingerprint density at radius 1 is 1.13 bits per heavy atom. The molecule has 1 amide bonds. The van der Waals surface area contributed by atoms with Crippen LogP contribution in [0.4, 0.5) is 11.4 Å². The second-order valence-electron chi connectivity index (χ2n) is 8.22. The van der Waals surface area contributed by atoms with E-state index in [0.29, 0.717) is 57.3 Å². The van der Waals surface area contributed by atoms with Gasteiger partial charge in [-0.2, -0.15) is 4.31 Å². The van der Waals surface area contributed by atoms with Crippen molar-refractivity contribution in [3.05, 3.63) is 28.3 Å². The van der Waals surface area contributed by atoms with E-state index in [-0.39, 0.29) is 16.5 Å². The molecule has 3 rings (SSSR count). The van der Waals surface area contributed by atoms with Gasteiger partial charge in [0.25, 0.3) is 5.69 Å². The maximum atomic E-state index is 12.8. The van der Waals surface area contributed by atoms with Gasteiger partial charge in [-0.3, -0.25) is 14.9 Å². The van der Waals surface area contributed by atoms with Crippen LogP contribution in [0.3, 0.4) is 0 Å². The van der Waals surface area contributed by atoms with E-state index < -0.39 is 14.9 Å². The number of nitro groups is 1. The van der Waals surface area contributed by atoms with Gasteiger partial charge in [-0.15, -0.1) is 0 Å². The van der Waals surface area contributed by atoms with Crippen LogP contribution in [0.15, 0.2) is 23.1 Å². The van der Waals surface area contributed by atoms with Gasteiger partial charge in [0.1, 0.15) is 5.69 Å². The summed E-state index contributed by atoms with van der Waals surface area (Å²) in [5.41, 5.74) is 0.172. The van der Waals surface area contributed by atoms with Gasteiger partial charge < -0.3 is 9.80 Å². The van der Waals surface area contributed by atoms with Gasteiger partial charge in [0.15, 0.2) is 0 Å². The quantitative estimate of drug-likeness (QED) is 0.444. The first-order valence-electron chi connectivity index (χ1n) is 11.1. The normalized spacial score (nSPS) is 18.0. The monoisotopic (exact) mass is 452 g/mol. The molecule has 10 heteroatoms. The second-order valence-corrected chi connectivity index (χ2v) is 10.2. The Kier molecular flexibility index (Phi) is 7.53. The number of piperazine rings is 1. The number of amides is 1. The number of rotatable bonds is 8.